The van der Waals surface area contributed by atoms with Crippen molar-refractivity contribution in [2.75, 3.05) is 11.9 Å². The highest BCUT2D eigenvalue weighted by Crippen LogP contribution is 2.36. The molecule has 0 saturated heterocycles. The van der Waals surface area contributed by atoms with Crippen LogP contribution in [0, 0.1) is 5.92 Å². The minimum atomic E-state index is -0.0990. The highest BCUT2D eigenvalue weighted by molar-refractivity contribution is 7.18. The number of anilines is 1. The van der Waals surface area contributed by atoms with Crippen molar-refractivity contribution in [1.29, 1.82) is 0 Å². The first kappa shape index (κ1) is 18.0. The molecule has 2 heterocycles. The van der Waals surface area contributed by atoms with Crippen molar-refractivity contribution in [2.45, 2.75) is 46.1 Å². The number of thiophene rings is 1. The molecule has 0 fully saturated rings. The molecule has 0 unspecified atom stereocenters. The van der Waals surface area contributed by atoms with E-state index in [0.29, 0.717) is 18.3 Å². The van der Waals surface area contributed by atoms with Gasteiger partial charge in [0.1, 0.15) is 16.4 Å². The number of nitrogens with zero attached hydrogens (tertiary/aromatic N) is 1. The van der Waals surface area contributed by atoms with Crippen LogP contribution in [0.15, 0.2) is 29.1 Å². The van der Waals surface area contributed by atoms with Crippen LogP contribution in [-0.2, 0) is 12.8 Å². The molecule has 6 heteroatoms. The Morgan fingerprint density at radius 2 is 2.15 bits per heavy atom. The molecule has 0 aliphatic heterocycles. The van der Waals surface area contributed by atoms with Crippen LogP contribution in [0.2, 0.25) is 0 Å². The Bertz CT molecular complexity index is 1010. The topological polar surface area (TPSA) is 67.0 Å². The Labute approximate surface area is 162 Å². The Balaban J connectivity index is 1.60. The number of hydrogen-bond donors (Lipinski definition) is 2. The van der Waals surface area contributed by atoms with E-state index in [1.165, 1.54) is 10.4 Å². The fraction of sp³-hybridized carbons (Fsp3) is 0.429. The van der Waals surface area contributed by atoms with Crippen molar-refractivity contribution in [3.8, 4) is 5.75 Å². The highest BCUT2D eigenvalue weighted by atomic mass is 32.1. The van der Waals surface area contributed by atoms with Gasteiger partial charge in [0, 0.05) is 10.6 Å². The quantitative estimate of drug-likeness (QED) is 0.671. The monoisotopic (exact) mass is 383 g/mol. The fourth-order valence-electron chi connectivity index (χ4n) is 3.70. The van der Waals surface area contributed by atoms with Crippen molar-refractivity contribution in [3.05, 3.63) is 50.9 Å². The lowest BCUT2D eigenvalue weighted by molar-refractivity contribution is 0.340. The SMILES string of the molecule is CCOc1ccc(N[C@H](C)c2nc3sc4c(c3c(=O)[nH]2)CC[C@@H](C)C4)cc1. The van der Waals surface area contributed by atoms with Gasteiger partial charge in [-0.3, -0.25) is 4.79 Å². The first-order valence-corrected chi connectivity index (χ1v) is 10.4. The molecule has 1 aliphatic rings. The van der Waals surface area contributed by atoms with E-state index in [-0.39, 0.29) is 11.6 Å². The summed E-state index contributed by atoms with van der Waals surface area (Å²) in [6.45, 7) is 6.91. The molecule has 2 N–H and O–H groups in total. The largest absolute Gasteiger partial charge is 0.494 e. The summed E-state index contributed by atoms with van der Waals surface area (Å²) in [7, 11) is 0. The van der Waals surface area contributed by atoms with E-state index in [9.17, 15) is 4.79 Å². The van der Waals surface area contributed by atoms with Crippen LogP contribution in [0.25, 0.3) is 10.2 Å². The summed E-state index contributed by atoms with van der Waals surface area (Å²) in [4.78, 5) is 22.7. The van der Waals surface area contributed by atoms with Crippen molar-refractivity contribution < 1.29 is 4.74 Å². The molecule has 2 aromatic heterocycles. The second kappa shape index (κ2) is 7.35. The summed E-state index contributed by atoms with van der Waals surface area (Å²) in [5.74, 6) is 2.21. The summed E-state index contributed by atoms with van der Waals surface area (Å²) in [6.07, 6.45) is 3.20. The van der Waals surface area contributed by atoms with Gasteiger partial charge in [-0.1, -0.05) is 6.92 Å². The first-order chi connectivity index (χ1) is 13.0. The molecule has 0 spiro atoms. The van der Waals surface area contributed by atoms with Crippen LogP contribution in [0.3, 0.4) is 0 Å². The van der Waals surface area contributed by atoms with Crippen molar-refractivity contribution in [3.63, 3.8) is 0 Å². The van der Waals surface area contributed by atoms with E-state index in [2.05, 4.69) is 17.2 Å². The zero-order valence-corrected chi connectivity index (χ0v) is 16.8. The number of H-pyrrole nitrogens is 1. The van der Waals surface area contributed by atoms with E-state index < -0.39 is 0 Å². The second-order valence-corrected chi connectivity index (χ2v) is 8.39. The summed E-state index contributed by atoms with van der Waals surface area (Å²) in [5.41, 5.74) is 2.18. The molecule has 27 heavy (non-hydrogen) atoms. The van der Waals surface area contributed by atoms with Crippen LogP contribution in [0.1, 0.15) is 49.5 Å². The lowest BCUT2D eigenvalue weighted by Gasteiger charge is -2.17. The Hall–Kier alpha value is -2.34. The zero-order chi connectivity index (χ0) is 19.0. The van der Waals surface area contributed by atoms with Gasteiger partial charge in [0.2, 0.25) is 0 Å². The van der Waals surface area contributed by atoms with Gasteiger partial charge >= 0.3 is 0 Å². The summed E-state index contributed by atoms with van der Waals surface area (Å²) in [6, 6.07) is 7.73. The van der Waals surface area contributed by atoms with Crippen LogP contribution in [0.4, 0.5) is 5.69 Å². The number of hydrogen-bond acceptors (Lipinski definition) is 5. The number of ether oxygens (including phenoxy) is 1. The third-order valence-corrected chi connectivity index (χ3v) is 6.29. The van der Waals surface area contributed by atoms with Gasteiger partial charge in [-0.2, -0.15) is 0 Å². The third-order valence-electron chi connectivity index (χ3n) is 5.14. The van der Waals surface area contributed by atoms with E-state index in [1.54, 1.807) is 11.3 Å². The van der Waals surface area contributed by atoms with Gasteiger partial charge in [0.05, 0.1) is 18.0 Å². The minimum absolute atomic E-state index is 0.0117. The van der Waals surface area contributed by atoms with Crippen LogP contribution in [0.5, 0.6) is 5.75 Å². The lowest BCUT2D eigenvalue weighted by atomic mass is 9.89. The third kappa shape index (κ3) is 3.58. The summed E-state index contributed by atoms with van der Waals surface area (Å²) < 4.78 is 5.48. The van der Waals surface area contributed by atoms with Crippen molar-refractivity contribution in [2.24, 2.45) is 5.92 Å². The van der Waals surface area contributed by atoms with Gasteiger partial charge in [0.25, 0.3) is 5.56 Å². The fourth-order valence-corrected chi connectivity index (χ4v) is 5.09. The molecule has 0 bridgehead atoms. The highest BCUT2D eigenvalue weighted by Gasteiger charge is 2.23. The number of benzene rings is 1. The van der Waals surface area contributed by atoms with Crippen molar-refractivity contribution in [1.82, 2.24) is 9.97 Å². The Morgan fingerprint density at radius 3 is 2.89 bits per heavy atom. The van der Waals surface area contributed by atoms with Crippen molar-refractivity contribution >= 4 is 27.2 Å². The predicted octanol–water partition coefficient (Wildman–Crippen LogP) is 4.68. The molecule has 0 saturated carbocycles. The number of rotatable bonds is 5. The van der Waals surface area contributed by atoms with Crippen LogP contribution in [-0.4, -0.2) is 16.6 Å². The Morgan fingerprint density at radius 1 is 1.37 bits per heavy atom. The zero-order valence-electron chi connectivity index (χ0n) is 16.0. The number of nitrogens with one attached hydrogen (secondary N) is 2. The maximum Gasteiger partial charge on any atom is 0.259 e. The molecular weight excluding hydrogens is 358 g/mol. The van der Waals surface area contributed by atoms with E-state index in [1.807, 2.05) is 38.1 Å². The molecule has 0 amide bonds. The Kier molecular flexibility index (Phi) is 4.91. The van der Waals surface area contributed by atoms with Gasteiger partial charge < -0.3 is 15.0 Å². The second-order valence-electron chi connectivity index (χ2n) is 7.31. The smallest absolute Gasteiger partial charge is 0.259 e. The maximum absolute atomic E-state index is 12.8. The van der Waals surface area contributed by atoms with E-state index in [4.69, 9.17) is 9.72 Å². The normalized spacial score (nSPS) is 17.5. The first-order valence-electron chi connectivity index (χ1n) is 9.59. The molecule has 1 aliphatic carbocycles. The number of aromatic nitrogens is 2. The average molecular weight is 384 g/mol. The summed E-state index contributed by atoms with van der Waals surface area (Å²) >= 11 is 1.69. The predicted molar refractivity (Wildman–Crippen MR) is 111 cm³/mol. The van der Waals surface area contributed by atoms with Gasteiger partial charge in [-0.05, 0) is 68.9 Å². The lowest BCUT2D eigenvalue weighted by Crippen LogP contribution is -2.18. The average Bonchev–Trinajstić information content (AvgIpc) is 3.01. The molecule has 4 rings (SSSR count). The molecule has 0 radical (unpaired) electrons. The summed E-state index contributed by atoms with van der Waals surface area (Å²) in [5, 5.41) is 4.21. The standard InChI is InChI=1S/C21H25N3O2S/c1-4-26-15-8-6-14(7-9-15)22-13(3)19-23-20(25)18-16-10-5-12(2)11-17(16)27-21(18)24-19/h6-9,12-13,22H,4-5,10-11H2,1-3H3,(H,23,24,25)/t12-,13-/m1/s1. The number of fused-ring (bicyclic) bond motifs is 3. The molecule has 5 nitrogen and oxygen atoms in total. The van der Waals surface area contributed by atoms with Gasteiger partial charge in [0.15, 0.2) is 0 Å². The molecule has 142 valence electrons. The maximum atomic E-state index is 12.8. The minimum Gasteiger partial charge on any atom is -0.494 e. The van der Waals surface area contributed by atoms with Gasteiger partial charge in [-0.25, -0.2) is 4.98 Å². The number of aromatic amines is 1. The van der Waals surface area contributed by atoms with Gasteiger partial charge in [-0.15, -0.1) is 11.3 Å². The molecule has 2 atom stereocenters. The van der Waals surface area contributed by atoms with Crippen LogP contribution < -0.4 is 15.6 Å². The molecule has 1 aromatic carbocycles. The molecular formula is C21H25N3O2S. The van der Waals surface area contributed by atoms with E-state index in [0.717, 1.165) is 40.9 Å². The van der Waals surface area contributed by atoms with E-state index >= 15 is 0 Å². The number of aryl methyl sites for hydroxylation is 1. The molecule has 3 aromatic rings. The van der Waals surface area contributed by atoms with Crippen LogP contribution >= 0.6 is 11.3 Å².